The van der Waals surface area contributed by atoms with Gasteiger partial charge in [0, 0.05) is 5.69 Å². The molecule has 1 aromatic heterocycles. The van der Waals surface area contributed by atoms with E-state index in [1.165, 1.54) is 11.8 Å². The summed E-state index contributed by atoms with van der Waals surface area (Å²) in [5.41, 5.74) is 4.31. The predicted octanol–water partition coefficient (Wildman–Crippen LogP) is 4.76. The molecule has 0 saturated carbocycles. The van der Waals surface area contributed by atoms with E-state index in [2.05, 4.69) is 55.8 Å². The Labute approximate surface area is 199 Å². The topological polar surface area (TPSA) is 108 Å². The number of aryl methyl sites for hydroxylation is 1. The summed E-state index contributed by atoms with van der Waals surface area (Å²) < 4.78 is 25.9. The average Bonchev–Trinajstić information content (AvgIpc) is 2.78. The Kier molecular flexibility index (Phi) is 7.02. The van der Waals surface area contributed by atoms with Crippen molar-refractivity contribution in [2.75, 3.05) is 34.7 Å². The number of sulfonamides is 1. The molecular formula is C23H27ClN6O2S. The van der Waals surface area contributed by atoms with Crippen LogP contribution in [0.3, 0.4) is 0 Å². The highest BCUT2D eigenvalue weighted by Crippen LogP contribution is 2.31. The van der Waals surface area contributed by atoms with Gasteiger partial charge < -0.3 is 16.0 Å². The second-order valence-electron chi connectivity index (χ2n) is 8.16. The van der Waals surface area contributed by atoms with Crippen LogP contribution in [0.1, 0.15) is 29.9 Å². The van der Waals surface area contributed by atoms with Gasteiger partial charge in [-0.1, -0.05) is 35.9 Å². The van der Waals surface area contributed by atoms with E-state index < -0.39 is 10.0 Å². The first-order chi connectivity index (χ1) is 15.8. The lowest BCUT2D eigenvalue weighted by Crippen LogP contribution is -2.26. The number of hydrogen-bond donors (Lipinski definition) is 4. The van der Waals surface area contributed by atoms with Crippen LogP contribution in [0, 0.1) is 6.92 Å². The maximum absolute atomic E-state index is 11.7. The molecule has 8 nitrogen and oxygen atoms in total. The van der Waals surface area contributed by atoms with Gasteiger partial charge >= 0.3 is 0 Å². The van der Waals surface area contributed by atoms with Crippen LogP contribution >= 0.6 is 11.6 Å². The highest BCUT2D eigenvalue weighted by molar-refractivity contribution is 7.92. The quantitative estimate of drug-likeness (QED) is 0.381. The lowest BCUT2D eigenvalue weighted by Gasteiger charge is -2.23. The molecule has 0 atom stereocenters. The highest BCUT2D eigenvalue weighted by atomic mass is 35.5. The fraction of sp³-hybridized carbons (Fsp3) is 0.304. The van der Waals surface area contributed by atoms with Crippen LogP contribution < -0.4 is 20.7 Å². The number of halogens is 1. The van der Waals surface area contributed by atoms with Crippen LogP contribution in [0.15, 0.2) is 48.7 Å². The number of para-hydroxylation sites is 2. The van der Waals surface area contributed by atoms with Gasteiger partial charge in [-0.05, 0) is 68.1 Å². The maximum Gasteiger partial charge on any atom is 0.229 e. The third-order valence-electron chi connectivity index (χ3n) is 5.53. The standard InChI is InChI=1S/C23H27ClN6O2S/c1-15-13-17(16-9-11-25-12-10-16)7-8-19(15)28-23-26-14-18(24)22(29-23)27-20-5-3-4-6-21(20)30-33(2,31)32/h3-8,13-14,16,25,30H,9-12H2,1-2H3,(H2,26,27,28,29). The minimum absolute atomic E-state index is 0.313. The fourth-order valence-corrected chi connectivity index (χ4v) is 4.60. The first kappa shape index (κ1) is 23.3. The van der Waals surface area contributed by atoms with Crippen LogP contribution in [0.5, 0.6) is 0 Å². The summed E-state index contributed by atoms with van der Waals surface area (Å²) in [6.07, 6.45) is 4.90. The van der Waals surface area contributed by atoms with Crippen molar-refractivity contribution >= 4 is 50.5 Å². The number of rotatable bonds is 7. The van der Waals surface area contributed by atoms with Gasteiger partial charge in [0.15, 0.2) is 5.82 Å². The molecule has 174 valence electrons. The summed E-state index contributed by atoms with van der Waals surface area (Å²) in [7, 11) is -3.44. The average molecular weight is 487 g/mol. The van der Waals surface area contributed by atoms with Crippen molar-refractivity contribution in [3.05, 3.63) is 64.8 Å². The van der Waals surface area contributed by atoms with Crippen molar-refractivity contribution < 1.29 is 8.42 Å². The predicted molar refractivity (Wildman–Crippen MR) is 135 cm³/mol. The van der Waals surface area contributed by atoms with E-state index in [0.29, 0.717) is 34.1 Å². The normalized spacial score (nSPS) is 14.6. The molecule has 10 heteroatoms. The molecule has 4 N–H and O–H groups in total. The molecule has 4 rings (SSSR count). The van der Waals surface area contributed by atoms with Gasteiger partial charge in [-0.25, -0.2) is 13.4 Å². The summed E-state index contributed by atoms with van der Waals surface area (Å²) >= 11 is 6.31. The molecule has 1 aliphatic heterocycles. The van der Waals surface area contributed by atoms with E-state index in [9.17, 15) is 8.42 Å². The summed E-state index contributed by atoms with van der Waals surface area (Å²) in [4.78, 5) is 8.80. The maximum atomic E-state index is 11.7. The van der Waals surface area contributed by atoms with Crippen molar-refractivity contribution in [2.24, 2.45) is 0 Å². The zero-order valence-electron chi connectivity index (χ0n) is 18.5. The van der Waals surface area contributed by atoms with E-state index in [0.717, 1.165) is 43.4 Å². The van der Waals surface area contributed by atoms with Crippen molar-refractivity contribution in [1.82, 2.24) is 15.3 Å². The third kappa shape index (κ3) is 6.13. The van der Waals surface area contributed by atoms with Gasteiger partial charge in [0.05, 0.1) is 23.8 Å². The molecule has 2 heterocycles. The van der Waals surface area contributed by atoms with Gasteiger partial charge in [-0.3, -0.25) is 4.72 Å². The summed E-state index contributed by atoms with van der Waals surface area (Å²) in [6.45, 7) is 4.18. The molecule has 0 spiro atoms. The van der Waals surface area contributed by atoms with Gasteiger partial charge in [0.1, 0.15) is 5.02 Å². The van der Waals surface area contributed by atoms with Crippen molar-refractivity contribution in [1.29, 1.82) is 0 Å². The van der Waals surface area contributed by atoms with Crippen LogP contribution in [0.2, 0.25) is 5.02 Å². The highest BCUT2D eigenvalue weighted by Gasteiger charge is 2.16. The second-order valence-corrected chi connectivity index (χ2v) is 10.3. The number of aromatic nitrogens is 2. The number of nitrogens with one attached hydrogen (secondary N) is 4. The molecule has 0 unspecified atom stereocenters. The number of hydrogen-bond acceptors (Lipinski definition) is 7. The molecular weight excluding hydrogens is 460 g/mol. The Morgan fingerprint density at radius 3 is 2.45 bits per heavy atom. The van der Waals surface area contributed by atoms with Gasteiger partial charge in [-0.2, -0.15) is 4.98 Å². The minimum atomic E-state index is -3.44. The Bertz CT molecular complexity index is 1250. The molecule has 0 bridgehead atoms. The Morgan fingerprint density at radius 1 is 1.03 bits per heavy atom. The Hall–Kier alpha value is -2.88. The monoisotopic (exact) mass is 486 g/mol. The first-order valence-corrected chi connectivity index (χ1v) is 13.0. The molecule has 1 saturated heterocycles. The van der Waals surface area contributed by atoms with Gasteiger partial charge in [0.2, 0.25) is 16.0 Å². The van der Waals surface area contributed by atoms with Crippen LogP contribution in [0.4, 0.5) is 28.8 Å². The largest absolute Gasteiger partial charge is 0.337 e. The number of nitrogens with zero attached hydrogens (tertiary/aromatic N) is 2. The van der Waals surface area contributed by atoms with Gasteiger partial charge in [0.25, 0.3) is 0 Å². The van der Waals surface area contributed by atoms with E-state index in [4.69, 9.17) is 11.6 Å². The molecule has 3 aromatic rings. The van der Waals surface area contributed by atoms with Crippen molar-refractivity contribution in [3.63, 3.8) is 0 Å². The lowest BCUT2D eigenvalue weighted by atomic mass is 9.89. The Morgan fingerprint density at radius 2 is 1.76 bits per heavy atom. The fourth-order valence-electron chi connectivity index (χ4n) is 3.88. The summed E-state index contributed by atoms with van der Waals surface area (Å²) in [6, 6.07) is 13.4. The number of anilines is 5. The van der Waals surface area contributed by atoms with Crippen molar-refractivity contribution in [2.45, 2.75) is 25.7 Å². The SMILES string of the molecule is Cc1cc(C2CCNCC2)ccc1Nc1ncc(Cl)c(Nc2ccccc2NS(C)(=O)=O)n1. The molecule has 1 fully saturated rings. The summed E-state index contributed by atoms with van der Waals surface area (Å²) in [5, 5.41) is 10.1. The number of benzene rings is 2. The van der Waals surface area contributed by atoms with Crippen LogP contribution in [-0.2, 0) is 10.0 Å². The van der Waals surface area contributed by atoms with Crippen LogP contribution in [0.25, 0.3) is 0 Å². The molecule has 0 aliphatic carbocycles. The van der Waals surface area contributed by atoms with Crippen molar-refractivity contribution in [3.8, 4) is 0 Å². The third-order valence-corrected chi connectivity index (χ3v) is 6.39. The molecule has 0 radical (unpaired) electrons. The van der Waals surface area contributed by atoms with E-state index in [1.54, 1.807) is 24.3 Å². The Balaban J connectivity index is 1.54. The molecule has 0 amide bonds. The van der Waals surface area contributed by atoms with Gasteiger partial charge in [-0.15, -0.1) is 0 Å². The molecule has 2 aromatic carbocycles. The first-order valence-electron chi connectivity index (χ1n) is 10.7. The minimum Gasteiger partial charge on any atom is -0.337 e. The molecule has 1 aliphatic rings. The van der Waals surface area contributed by atoms with E-state index in [1.807, 2.05) is 0 Å². The summed E-state index contributed by atoms with van der Waals surface area (Å²) in [5.74, 6) is 1.33. The molecule has 33 heavy (non-hydrogen) atoms. The van der Waals surface area contributed by atoms with E-state index in [-0.39, 0.29) is 0 Å². The van der Waals surface area contributed by atoms with E-state index >= 15 is 0 Å². The second kappa shape index (κ2) is 9.94. The zero-order valence-corrected chi connectivity index (χ0v) is 20.1. The zero-order chi connectivity index (χ0) is 23.4. The lowest BCUT2D eigenvalue weighted by molar-refractivity contribution is 0.460. The smallest absolute Gasteiger partial charge is 0.229 e. The van der Waals surface area contributed by atoms with Crippen LogP contribution in [-0.4, -0.2) is 37.7 Å². The number of piperidine rings is 1.